The van der Waals surface area contributed by atoms with Gasteiger partial charge in [0.1, 0.15) is 0 Å². The number of hydrogen-bond donors (Lipinski definition) is 2. The Morgan fingerprint density at radius 1 is 1.00 bits per heavy atom. The standard InChI is InChI=1S/C8H14N4S2/c1-7-8(2,11(3)5(13)9-7)12(4)6(14)10-7/h1-4H3,(H,9,13)(H,10,14). The molecule has 0 spiro atoms. The van der Waals surface area contributed by atoms with Gasteiger partial charge in [-0.3, -0.25) is 0 Å². The van der Waals surface area contributed by atoms with Crippen LogP contribution in [0.5, 0.6) is 0 Å². The largest absolute Gasteiger partial charge is 0.337 e. The Labute approximate surface area is 94.6 Å². The summed E-state index contributed by atoms with van der Waals surface area (Å²) in [6.07, 6.45) is 0. The smallest absolute Gasteiger partial charge is 0.172 e. The Morgan fingerprint density at radius 3 is 1.64 bits per heavy atom. The predicted octanol–water partition coefficient (Wildman–Crippen LogP) is 0.0586. The zero-order valence-electron chi connectivity index (χ0n) is 8.71. The van der Waals surface area contributed by atoms with Crippen molar-refractivity contribution in [3.63, 3.8) is 0 Å². The summed E-state index contributed by atoms with van der Waals surface area (Å²) in [5.41, 5.74) is -0.536. The SMILES string of the molecule is CN1C(=S)NC2(C)NC(=S)N(C)C12C. The average Bonchev–Trinajstić information content (AvgIpc) is 2.36. The second-order valence-electron chi connectivity index (χ2n) is 4.12. The van der Waals surface area contributed by atoms with Crippen molar-refractivity contribution in [3.8, 4) is 0 Å². The molecule has 0 aromatic carbocycles. The van der Waals surface area contributed by atoms with Crippen molar-refractivity contribution in [2.45, 2.75) is 25.2 Å². The highest BCUT2D eigenvalue weighted by Crippen LogP contribution is 2.38. The van der Waals surface area contributed by atoms with Crippen LogP contribution in [-0.4, -0.2) is 45.4 Å². The van der Waals surface area contributed by atoms with Crippen molar-refractivity contribution in [1.82, 2.24) is 20.4 Å². The van der Waals surface area contributed by atoms with E-state index in [9.17, 15) is 0 Å². The molecule has 0 unspecified atom stereocenters. The first-order valence-electron chi connectivity index (χ1n) is 4.45. The Bertz CT molecular complexity index is 303. The molecular weight excluding hydrogens is 216 g/mol. The molecule has 2 rings (SSSR count). The molecule has 0 bridgehead atoms. The van der Waals surface area contributed by atoms with Crippen molar-refractivity contribution in [2.24, 2.45) is 0 Å². The third-order valence-corrected chi connectivity index (χ3v) is 4.33. The van der Waals surface area contributed by atoms with Gasteiger partial charge in [0.2, 0.25) is 0 Å². The lowest BCUT2D eigenvalue weighted by Gasteiger charge is -2.40. The van der Waals surface area contributed by atoms with Crippen LogP contribution < -0.4 is 10.6 Å². The van der Waals surface area contributed by atoms with Gasteiger partial charge in [0.25, 0.3) is 0 Å². The maximum Gasteiger partial charge on any atom is 0.172 e. The molecule has 0 saturated carbocycles. The fraction of sp³-hybridized carbons (Fsp3) is 0.750. The van der Waals surface area contributed by atoms with Crippen molar-refractivity contribution in [1.29, 1.82) is 0 Å². The van der Waals surface area contributed by atoms with Gasteiger partial charge in [0.15, 0.2) is 21.6 Å². The Hall–Kier alpha value is -0.620. The Balaban J connectivity index is 2.52. The summed E-state index contributed by atoms with van der Waals surface area (Å²) in [4.78, 5) is 4.07. The van der Waals surface area contributed by atoms with Crippen LogP contribution >= 0.6 is 24.4 Å². The van der Waals surface area contributed by atoms with Gasteiger partial charge < -0.3 is 20.4 Å². The minimum Gasteiger partial charge on any atom is -0.337 e. The summed E-state index contributed by atoms with van der Waals surface area (Å²) in [6.45, 7) is 4.18. The molecule has 2 saturated heterocycles. The zero-order chi connectivity index (χ0) is 10.7. The second kappa shape index (κ2) is 2.49. The van der Waals surface area contributed by atoms with E-state index in [4.69, 9.17) is 24.4 Å². The fourth-order valence-electron chi connectivity index (χ4n) is 2.15. The second-order valence-corrected chi connectivity index (χ2v) is 4.90. The molecule has 2 heterocycles. The molecule has 2 fully saturated rings. The minimum atomic E-state index is -0.301. The maximum absolute atomic E-state index is 5.24. The molecule has 0 aliphatic carbocycles. The molecule has 0 aromatic heterocycles. The number of likely N-dealkylation sites (N-methyl/N-ethyl adjacent to an activating group) is 2. The summed E-state index contributed by atoms with van der Waals surface area (Å²) in [5, 5.41) is 8.01. The summed E-state index contributed by atoms with van der Waals surface area (Å²) in [5.74, 6) is 0. The van der Waals surface area contributed by atoms with Crippen LogP contribution in [0.1, 0.15) is 13.8 Å². The lowest BCUT2D eigenvalue weighted by molar-refractivity contribution is 0.0635. The normalized spacial score (nSPS) is 41.1. The first kappa shape index (κ1) is 9.92. The number of rotatable bonds is 0. The van der Waals surface area contributed by atoms with E-state index < -0.39 is 0 Å². The zero-order valence-corrected chi connectivity index (χ0v) is 10.3. The quantitative estimate of drug-likeness (QED) is 0.572. The van der Waals surface area contributed by atoms with E-state index in [2.05, 4.69) is 24.5 Å². The fourth-order valence-corrected chi connectivity index (χ4v) is 2.92. The number of nitrogens with one attached hydrogen (secondary N) is 2. The summed E-state index contributed by atoms with van der Waals surface area (Å²) >= 11 is 10.5. The van der Waals surface area contributed by atoms with Crippen LogP contribution in [-0.2, 0) is 0 Å². The molecular formula is C8H14N4S2. The number of nitrogens with zero attached hydrogens (tertiary/aromatic N) is 2. The lowest BCUT2D eigenvalue weighted by Crippen LogP contribution is -2.62. The van der Waals surface area contributed by atoms with Crippen LogP contribution in [0.4, 0.5) is 0 Å². The average molecular weight is 230 g/mol. The lowest BCUT2D eigenvalue weighted by atomic mass is 9.99. The van der Waals surface area contributed by atoms with E-state index in [0.717, 1.165) is 10.2 Å². The van der Waals surface area contributed by atoms with Gasteiger partial charge in [-0.2, -0.15) is 0 Å². The van der Waals surface area contributed by atoms with E-state index >= 15 is 0 Å². The van der Waals surface area contributed by atoms with Crippen molar-refractivity contribution in [2.75, 3.05) is 14.1 Å². The highest BCUT2D eigenvalue weighted by atomic mass is 32.1. The molecule has 0 radical (unpaired) electrons. The van der Waals surface area contributed by atoms with E-state index in [0.29, 0.717) is 0 Å². The molecule has 4 nitrogen and oxygen atoms in total. The number of fused-ring (bicyclic) bond motifs is 1. The summed E-state index contributed by atoms with van der Waals surface area (Å²) < 4.78 is 0. The Kier molecular flexibility index (Phi) is 1.76. The van der Waals surface area contributed by atoms with E-state index in [1.165, 1.54) is 0 Å². The molecule has 2 N–H and O–H groups in total. The van der Waals surface area contributed by atoms with Gasteiger partial charge in [-0.15, -0.1) is 0 Å². The monoisotopic (exact) mass is 230 g/mol. The molecule has 0 amide bonds. The topological polar surface area (TPSA) is 30.5 Å². The van der Waals surface area contributed by atoms with Crippen molar-refractivity contribution < 1.29 is 0 Å². The van der Waals surface area contributed by atoms with Crippen LogP contribution in [0.25, 0.3) is 0 Å². The summed E-state index contributed by atoms with van der Waals surface area (Å²) in [6, 6.07) is 0. The van der Waals surface area contributed by atoms with Gasteiger partial charge >= 0.3 is 0 Å². The predicted molar refractivity (Wildman–Crippen MR) is 63.8 cm³/mol. The van der Waals surface area contributed by atoms with Crippen LogP contribution in [0.15, 0.2) is 0 Å². The third kappa shape index (κ3) is 0.832. The van der Waals surface area contributed by atoms with Crippen molar-refractivity contribution in [3.05, 3.63) is 0 Å². The number of hydrogen-bond acceptors (Lipinski definition) is 2. The minimum absolute atomic E-state index is 0.235. The molecule has 78 valence electrons. The number of thiocarbonyl (C=S) groups is 2. The van der Waals surface area contributed by atoms with Gasteiger partial charge in [-0.1, -0.05) is 0 Å². The molecule has 14 heavy (non-hydrogen) atoms. The molecule has 0 atom stereocenters. The van der Waals surface area contributed by atoms with Crippen LogP contribution in [0, 0.1) is 0 Å². The van der Waals surface area contributed by atoms with Crippen LogP contribution in [0.3, 0.4) is 0 Å². The molecule has 2 aliphatic heterocycles. The summed E-state index contributed by atoms with van der Waals surface area (Å²) in [7, 11) is 3.96. The van der Waals surface area contributed by atoms with E-state index in [1.807, 2.05) is 23.9 Å². The first-order chi connectivity index (χ1) is 6.33. The molecule has 6 heteroatoms. The Morgan fingerprint density at radius 2 is 1.36 bits per heavy atom. The van der Waals surface area contributed by atoms with Gasteiger partial charge in [0.05, 0.1) is 0 Å². The van der Waals surface area contributed by atoms with E-state index in [1.54, 1.807) is 0 Å². The van der Waals surface area contributed by atoms with Gasteiger partial charge in [-0.05, 0) is 38.3 Å². The maximum atomic E-state index is 5.24. The highest BCUT2D eigenvalue weighted by molar-refractivity contribution is 7.80. The third-order valence-electron chi connectivity index (χ3n) is 3.58. The molecule has 0 aromatic rings. The van der Waals surface area contributed by atoms with Gasteiger partial charge in [0, 0.05) is 14.1 Å². The van der Waals surface area contributed by atoms with Crippen molar-refractivity contribution >= 4 is 34.7 Å². The first-order valence-corrected chi connectivity index (χ1v) is 5.26. The molecule has 2 aliphatic rings. The van der Waals surface area contributed by atoms with Crippen LogP contribution in [0.2, 0.25) is 0 Å². The highest BCUT2D eigenvalue weighted by Gasteiger charge is 2.62. The van der Waals surface area contributed by atoms with E-state index in [-0.39, 0.29) is 11.3 Å². The van der Waals surface area contributed by atoms with Gasteiger partial charge in [-0.25, -0.2) is 0 Å².